The van der Waals surface area contributed by atoms with E-state index in [9.17, 15) is 0 Å². The van der Waals surface area contributed by atoms with Crippen molar-refractivity contribution in [3.05, 3.63) is 83.2 Å². The van der Waals surface area contributed by atoms with Crippen LogP contribution < -0.4 is 5.32 Å². The highest BCUT2D eigenvalue weighted by Crippen LogP contribution is 2.44. The Morgan fingerprint density at radius 1 is 1.10 bits per heavy atom. The van der Waals surface area contributed by atoms with E-state index < -0.39 is 0 Å². The quantitative estimate of drug-likeness (QED) is 0.640. The Kier molecular flexibility index (Phi) is 4.59. The molecule has 2 aliphatic rings. The molecule has 3 aromatic rings. The lowest BCUT2D eigenvalue weighted by Crippen LogP contribution is -2.29. The van der Waals surface area contributed by atoms with Gasteiger partial charge >= 0.3 is 0 Å². The van der Waals surface area contributed by atoms with Gasteiger partial charge in [-0.3, -0.25) is 9.97 Å². The van der Waals surface area contributed by atoms with E-state index in [0.717, 1.165) is 17.4 Å². The van der Waals surface area contributed by atoms with Crippen LogP contribution in [0.1, 0.15) is 59.2 Å². The second kappa shape index (κ2) is 7.26. The minimum atomic E-state index is 0.0266. The molecule has 2 fully saturated rings. The molecule has 1 N–H and O–H groups in total. The first-order valence-corrected chi connectivity index (χ1v) is 10.6. The zero-order valence-corrected chi connectivity index (χ0v) is 17.6. The summed E-state index contributed by atoms with van der Waals surface area (Å²) in [6, 6.07) is 13.3. The number of nitrogens with one attached hydrogen (secondary N) is 1. The molecular formula is C23H25N5S. The molecule has 148 valence electrons. The lowest BCUT2D eigenvalue weighted by Gasteiger charge is -2.28. The molecule has 3 aromatic heterocycles. The molecule has 29 heavy (non-hydrogen) atoms. The molecule has 4 heterocycles. The van der Waals surface area contributed by atoms with Gasteiger partial charge in [0.15, 0.2) is 5.11 Å². The molecule has 2 atom stereocenters. The summed E-state index contributed by atoms with van der Waals surface area (Å²) >= 11 is 5.81. The van der Waals surface area contributed by atoms with E-state index in [4.69, 9.17) is 12.2 Å². The third-order valence-electron chi connectivity index (χ3n) is 6.05. The predicted octanol–water partition coefficient (Wildman–Crippen LogP) is 4.40. The maximum Gasteiger partial charge on any atom is 0.170 e. The second-order valence-corrected chi connectivity index (χ2v) is 8.42. The molecule has 6 heteroatoms. The Hall–Kier alpha value is -2.73. The maximum absolute atomic E-state index is 5.81. The van der Waals surface area contributed by atoms with Gasteiger partial charge in [-0.25, -0.2) is 0 Å². The van der Waals surface area contributed by atoms with Gasteiger partial charge in [0.1, 0.15) is 0 Å². The van der Waals surface area contributed by atoms with Gasteiger partial charge in [-0.05, 0) is 80.4 Å². The van der Waals surface area contributed by atoms with Gasteiger partial charge in [-0.2, -0.15) is 0 Å². The largest absolute Gasteiger partial charge is 0.352 e. The van der Waals surface area contributed by atoms with Crippen molar-refractivity contribution in [2.45, 2.75) is 51.4 Å². The van der Waals surface area contributed by atoms with Crippen LogP contribution in [0.5, 0.6) is 0 Å². The Morgan fingerprint density at radius 3 is 2.59 bits per heavy atom. The third-order valence-corrected chi connectivity index (χ3v) is 6.41. The Morgan fingerprint density at radius 2 is 1.90 bits per heavy atom. The van der Waals surface area contributed by atoms with Crippen molar-refractivity contribution in [1.29, 1.82) is 0 Å². The molecule has 5 nitrogen and oxygen atoms in total. The van der Waals surface area contributed by atoms with Crippen molar-refractivity contribution in [3.8, 4) is 0 Å². The molecule has 1 aliphatic heterocycles. The van der Waals surface area contributed by atoms with Crippen LogP contribution in [-0.4, -0.2) is 24.5 Å². The number of thiocarbonyl (C=S) groups is 1. The predicted molar refractivity (Wildman–Crippen MR) is 117 cm³/mol. The molecule has 1 aliphatic carbocycles. The molecule has 5 rings (SSSR count). The summed E-state index contributed by atoms with van der Waals surface area (Å²) in [4.78, 5) is 11.1. The Bertz CT molecular complexity index is 1030. The molecule has 1 saturated carbocycles. The molecule has 0 spiro atoms. The molecule has 2 unspecified atom stereocenters. The highest BCUT2D eigenvalue weighted by Gasteiger charge is 2.42. The first-order chi connectivity index (χ1) is 14.1. The van der Waals surface area contributed by atoms with E-state index in [0.29, 0.717) is 6.04 Å². The van der Waals surface area contributed by atoms with Crippen LogP contribution in [0.25, 0.3) is 0 Å². The van der Waals surface area contributed by atoms with Gasteiger partial charge in [0.25, 0.3) is 0 Å². The van der Waals surface area contributed by atoms with Crippen LogP contribution in [0.3, 0.4) is 0 Å². The van der Waals surface area contributed by atoms with Crippen LogP contribution in [0.2, 0.25) is 0 Å². The lowest BCUT2D eigenvalue weighted by molar-refractivity contribution is 0.309. The van der Waals surface area contributed by atoms with Gasteiger partial charge in [0, 0.05) is 42.6 Å². The standard InChI is InChI=1S/C23H25N5S/c1-15-13-19(16(2)28(15)18-6-7-18)22-21(20-5-3-4-10-25-20)26-23(29)27(22)14-17-8-11-24-12-9-17/h3-5,8-13,18,21-22H,6-7,14H2,1-2H3,(H,26,29). The molecule has 0 radical (unpaired) electrons. The van der Waals surface area contributed by atoms with Gasteiger partial charge in [-0.15, -0.1) is 0 Å². The van der Waals surface area contributed by atoms with Gasteiger partial charge in [-0.1, -0.05) is 6.07 Å². The average molecular weight is 404 g/mol. The number of hydrogen-bond donors (Lipinski definition) is 1. The highest BCUT2D eigenvalue weighted by atomic mass is 32.1. The summed E-state index contributed by atoms with van der Waals surface area (Å²) in [5.41, 5.74) is 6.25. The fraction of sp³-hybridized carbons (Fsp3) is 0.348. The molecular weight excluding hydrogens is 378 g/mol. The van der Waals surface area contributed by atoms with Crippen LogP contribution >= 0.6 is 12.2 Å². The van der Waals surface area contributed by atoms with E-state index in [1.807, 2.05) is 30.7 Å². The normalized spacial score (nSPS) is 21.4. The van der Waals surface area contributed by atoms with Gasteiger partial charge < -0.3 is 14.8 Å². The zero-order valence-electron chi connectivity index (χ0n) is 16.7. The number of rotatable bonds is 5. The number of aryl methyl sites for hydroxylation is 1. The summed E-state index contributed by atoms with van der Waals surface area (Å²) in [6.07, 6.45) is 8.09. The van der Waals surface area contributed by atoms with E-state index in [2.05, 4.69) is 62.9 Å². The summed E-state index contributed by atoms with van der Waals surface area (Å²) < 4.78 is 2.51. The first kappa shape index (κ1) is 18.3. The first-order valence-electron chi connectivity index (χ1n) is 10.2. The van der Waals surface area contributed by atoms with Crippen LogP contribution in [0, 0.1) is 13.8 Å². The van der Waals surface area contributed by atoms with Crippen molar-refractivity contribution in [1.82, 2.24) is 24.8 Å². The fourth-order valence-corrected chi connectivity index (χ4v) is 4.90. The maximum atomic E-state index is 5.81. The minimum absolute atomic E-state index is 0.0266. The molecule has 0 aromatic carbocycles. The fourth-order valence-electron chi connectivity index (χ4n) is 4.60. The highest BCUT2D eigenvalue weighted by molar-refractivity contribution is 7.80. The van der Waals surface area contributed by atoms with Gasteiger partial charge in [0.2, 0.25) is 0 Å². The smallest absolute Gasteiger partial charge is 0.170 e. The zero-order chi connectivity index (χ0) is 20.0. The summed E-state index contributed by atoms with van der Waals surface area (Å²) in [7, 11) is 0. The SMILES string of the molecule is Cc1cc(C2C(c3ccccn3)NC(=S)N2Cc2ccncc2)c(C)n1C1CC1. The number of hydrogen-bond acceptors (Lipinski definition) is 3. The molecule has 0 amide bonds. The van der Waals surface area contributed by atoms with Crippen molar-refractivity contribution in [3.63, 3.8) is 0 Å². The Balaban J connectivity index is 1.59. The Labute approximate surface area is 176 Å². The monoisotopic (exact) mass is 403 g/mol. The lowest BCUT2D eigenvalue weighted by atomic mass is 9.96. The number of pyridine rings is 2. The van der Waals surface area contributed by atoms with E-state index in [-0.39, 0.29) is 12.1 Å². The third kappa shape index (κ3) is 3.31. The summed E-state index contributed by atoms with van der Waals surface area (Å²) in [6.45, 7) is 5.22. The van der Waals surface area contributed by atoms with E-state index >= 15 is 0 Å². The van der Waals surface area contributed by atoms with Crippen LogP contribution in [-0.2, 0) is 6.54 Å². The second-order valence-electron chi connectivity index (χ2n) is 8.04. The minimum Gasteiger partial charge on any atom is -0.352 e. The summed E-state index contributed by atoms with van der Waals surface area (Å²) in [5, 5.41) is 4.34. The van der Waals surface area contributed by atoms with Gasteiger partial charge in [0.05, 0.1) is 17.8 Å². The van der Waals surface area contributed by atoms with Crippen molar-refractivity contribution in [2.75, 3.05) is 0 Å². The molecule has 1 saturated heterocycles. The number of nitrogens with zero attached hydrogens (tertiary/aromatic N) is 4. The topological polar surface area (TPSA) is 46.0 Å². The van der Waals surface area contributed by atoms with Crippen LogP contribution in [0.15, 0.2) is 55.0 Å². The van der Waals surface area contributed by atoms with Crippen molar-refractivity contribution in [2.24, 2.45) is 0 Å². The molecule has 0 bridgehead atoms. The average Bonchev–Trinajstić information content (AvgIpc) is 3.46. The summed E-state index contributed by atoms with van der Waals surface area (Å²) in [5.74, 6) is 0. The van der Waals surface area contributed by atoms with Crippen LogP contribution in [0.4, 0.5) is 0 Å². The van der Waals surface area contributed by atoms with E-state index in [1.54, 1.807) is 0 Å². The van der Waals surface area contributed by atoms with Crippen molar-refractivity contribution < 1.29 is 0 Å². The number of aromatic nitrogens is 3. The van der Waals surface area contributed by atoms with E-state index in [1.165, 1.54) is 35.4 Å². The van der Waals surface area contributed by atoms with Crippen molar-refractivity contribution >= 4 is 17.3 Å².